The van der Waals surface area contributed by atoms with Crippen LogP contribution in [0.2, 0.25) is 0 Å². The quantitative estimate of drug-likeness (QED) is 0.868. The van der Waals surface area contributed by atoms with Gasteiger partial charge in [0, 0.05) is 6.54 Å². The van der Waals surface area contributed by atoms with Crippen molar-refractivity contribution in [2.45, 2.75) is 38.5 Å². The largest absolute Gasteiger partial charge is 0.374 e. The molecule has 0 aliphatic carbocycles. The minimum atomic E-state index is 0.365. The van der Waals surface area contributed by atoms with E-state index < -0.39 is 0 Å². The molecule has 1 saturated heterocycles. The van der Waals surface area contributed by atoms with Gasteiger partial charge in [-0.25, -0.2) is 4.98 Å². The van der Waals surface area contributed by atoms with Gasteiger partial charge in [-0.15, -0.1) is 0 Å². The number of fused-ring (bicyclic) bond motifs is 1. The molecule has 2 atom stereocenters. The first-order valence-electron chi connectivity index (χ1n) is 6.61. The van der Waals surface area contributed by atoms with Crippen molar-refractivity contribution in [2.24, 2.45) is 0 Å². The zero-order valence-electron chi connectivity index (χ0n) is 10.6. The van der Waals surface area contributed by atoms with Crippen LogP contribution in [0, 0.1) is 0 Å². The number of nitrogens with one attached hydrogen (secondary N) is 2. The molecule has 4 nitrogen and oxygen atoms in total. The monoisotopic (exact) mass is 245 g/mol. The fraction of sp³-hybridized carbons (Fsp3) is 0.500. The van der Waals surface area contributed by atoms with Crippen molar-refractivity contribution in [3.63, 3.8) is 0 Å². The highest BCUT2D eigenvalue weighted by atomic mass is 16.5. The van der Waals surface area contributed by atoms with Crippen LogP contribution in [-0.4, -0.2) is 28.7 Å². The Bertz CT molecular complexity index is 489. The maximum atomic E-state index is 5.77. The minimum Gasteiger partial charge on any atom is -0.374 e. The summed E-state index contributed by atoms with van der Waals surface area (Å²) in [4.78, 5) is 7.85. The highest BCUT2D eigenvalue weighted by molar-refractivity contribution is 5.74. The van der Waals surface area contributed by atoms with Crippen LogP contribution in [0.5, 0.6) is 0 Å². The smallest absolute Gasteiger partial charge is 0.121 e. The summed E-state index contributed by atoms with van der Waals surface area (Å²) in [5, 5.41) is 3.41. The van der Waals surface area contributed by atoms with Crippen molar-refractivity contribution in [2.75, 3.05) is 6.54 Å². The Morgan fingerprint density at radius 2 is 2.28 bits per heavy atom. The van der Waals surface area contributed by atoms with Crippen LogP contribution in [0.3, 0.4) is 0 Å². The summed E-state index contributed by atoms with van der Waals surface area (Å²) in [6.45, 7) is 3.81. The summed E-state index contributed by atoms with van der Waals surface area (Å²) >= 11 is 0. The molecule has 2 unspecified atom stereocenters. The lowest BCUT2D eigenvalue weighted by molar-refractivity contribution is 0.0558. The minimum absolute atomic E-state index is 0.365. The number of rotatable bonds is 4. The van der Waals surface area contributed by atoms with Gasteiger partial charge in [0.15, 0.2) is 0 Å². The summed E-state index contributed by atoms with van der Waals surface area (Å²) in [6.07, 6.45) is 3.12. The number of imidazole rings is 1. The van der Waals surface area contributed by atoms with Crippen LogP contribution in [0.25, 0.3) is 11.0 Å². The average molecular weight is 245 g/mol. The third kappa shape index (κ3) is 2.54. The van der Waals surface area contributed by atoms with Crippen LogP contribution in [0.15, 0.2) is 24.3 Å². The number of benzene rings is 1. The van der Waals surface area contributed by atoms with Crippen molar-refractivity contribution < 1.29 is 4.74 Å². The lowest BCUT2D eigenvalue weighted by Gasteiger charge is -2.11. The SMILES string of the molecule is CC1CCC(CNCc2nc3ccccc3[nH]2)O1. The molecule has 0 bridgehead atoms. The molecule has 1 fully saturated rings. The Balaban J connectivity index is 1.53. The molecular weight excluding hydrogens is 226 g/mol. The Labute approximate surface area is 107 Å². The molecule has 96 valence electrons. The predicted molar refractivity (Wildman–Crippen MR) is 71.4 cm³/mol. The maximum Gasteiger partial charge on any atom is 0.121 e. The number of nitrogens with zero attached hydrogens (tertiary/aromatic N) is 1. The van der Waals surface area contributed by atoms with Gasteiger partial charge in [0.2, 0.25) is 0 Å². The van der Waals surface area contributed by atoms with E-state index in [9.17, 15) is 0 Å². The molecule has 2 N–H and O–H groups in total. The van der Waals surface area contributed by atoms with Gasteiger partial charge in [-0.2, -0.15) is 0 Å². The number of aromatic nitrogens is 2. The van der Waals surface area contributed by atoms with Crippen molar-refractivity contribution in [3.8, 4) is 0 Å². The second-order valence-electron chi connectivity index (χ2n) is 4.98. The van der Waals surface area contributed by atoms with E-state index in [2.05, 4.69) is 22.2 Å². The second-order valence-corrected chi connectivity index (χ2v) is 4.98. The van der Waals surface area contributed by atoms with Gasteiger partial charge in [0.05, 0.1) is 29.8 Å². The van der Waals surface area contributed by atoms with E-state index in [1.165, 1.54) is 6.42 Å². The zero-order valence-corrected chi connectivity index (χ0v) is 10.6. The summed E-state index contributed by atoms with van der Waals surface area (Å²) in [5.41, 5.74) is 2.13. The maximum absolute atomic E-state index is 5.77. The second kappa shape index (κ2) is 5.08. The van der Waals surface area contributed by atoms with Crippen LogP contribution >= 0.6 is 0 Å². The highest BCUT2D eigenvalue weighted by Gasteiger charge is 2.20. The van der Waals surface area contributed by atoms with Crippen molar-refractivity contribution >= 4 is 11.0 Å². The Kier molecular flexibility index (Phi) is 3.30. The van der Waals surface area contributed by atoms with Crippen molar-refractivity contribution in [3.05, 3.63) is 30.1 Å². The zero-order chi connectivity index (χ0) is 12.4. The van der Waals surface area contributed by atoms with Gasteiger partial charge >= 0.3 is 0 Å². The Morgan fingerprint density at radius 3 is 3.06 bits per heavy atom. The molecule has 18 heavy (non-hydrogen) atoms. The van der Waals surface area contributed by atoms with Gasteiger partial charge in [-0.3, -0.25) is 0 Å². The predicted octanol–water partition coefficient (Wildman–Crippen LogP) is 2.22. The lowest BCUT2D eigenvalue weighted by atomic mass is 10.2. The summed E-state index contributed by atoms with van der Waals surface area (Å²) < 4.78 is 5.77. The fourth-order valence-corrected chi connectivity index (χ4v) is 2.48. The molecule has 1 aromatic heterocycles. The third-order valence-corrected chi connectivity index (χ3v) is 3.42. The van der Waals surface area contributed by atoms with Crippen LogP contribution in [-0.2, 0) is 11.3 Å². The standard InChI is InChI=1S/C14H19N3O/c1-10-6-7-11(18-10)8-15-9-14-16-12-4-2-3-5-13(12)17-14/h2-5,10-11,15H,6-9H2,1H3,(H,16,17). The number of hydrogen-bond acceptors (Lipinski definition) is 3. The van der Waals surface area contributed by atoms with Gasteiger partial charge < -0.3 is 15.0 Å². The van der Waals surface area contributed by atoms with E-state index in [0.717, 1.165) is 36.4 Å². The summed E-state index contributed by atoms with van der Waals surface area (Å²) in [5.74, 6) is 0.988. The molecule has 0 amide bonds. The lowest BCUT2D eigenvalue weighted by Crippen LogP contribution is -2.26. The van der Waals surface area contributed by atoms with Gasteiger partial charge in [0.25, 0.3) is 0 Å². The van der Waals surface area contributed by atoms with Gasteiger partial charge in [-0.1, -0.05) is 12.1 Å². The Morgan fingerprint density at radius 1 is 1.39 bits per heavy atom. The van der Waals surface area contributed by atoms with Crippen LogP contribution in [0.4, 0.5) is 0 Å². The first kappa shape index (κ1) is 11.7. The number of para-hydroxylation sites is 2. The van der Waals surface area contributed by atoms with Crippen LogP contribution in [0.1, 0.15) is 25.6 Å². The fourth-order valence-electron chi connectivity index (χ4n) is 2.48. The summed E-state index contributed by atoms with van der Waals surface area (Å²) in [7, 11) is 0. The molecule has 3 rings (SSSR count). The van der Waals surface area contributed by atoms with E-state index in [0.29, 0.717) is 12.2 Å². The highest BCUT2D eigenvalue weighted by Crippen LogP contribution is 2.18. The first-order chi connectivity index (χ1) is 8.81. The van der Waals surface area contributed by atoms with E-state index in [1.807, 2.05) is 24.3 Å². The van der Waals surface area contributed by atoms with E-state index in [-0.39, 0.29) is 0 Å². The normalized spacial score (nSPS) is 23.8. The molecule has 1 aliphatic rings. The van der Waals surface area contributed by atoms with E-state index in [1.54, 1.807) is 0 Å². The molecule has 0 spiro atoms. The molecule has 0 saturated carbocycles. The number of ether oxygens (including phenoxy) is 1. The number of hydrogen-bond donors (Lipinski definition) is 2. The molecular formula is C14H19N3O. The molecule has 0 radical (unpaired) electrons. The topological polar surface area (TPSA) is 49.9 Å². The molecule has 4 heteroatoms. The third-order valence-electron chi connectivity index (χ3n) is 3.42. The van der Waals surface area contributed by atoms with Gasteiger partial charge in [0.1, 0.15) is 5.82 Å². The number of aromatic amines is 1. The average Bonchev–Trinajstić information content (AvgIpc) is 2.95. The number of H-pyrrole nitrogens is 1. The van der Waals surface area contributed by atoms with Crippen molar-refractivity contribution in [1.29, 1.82) is 0 Å². The molecule has 2 heterocycles. The molecule has 1 aliphatic heterocycles. The first-order valence-corrected chi connectivity index (χ1v) is 6.61. The van der Waals surface area contributed by atoms with Gasteiger partial charge in [-0.05, 0) is 31.9 Å². The van der Waals surface area contributed by atoms with E-state index >= 15 is 0 Å². The van der Waals surface area contributed by atoms with E-state index in [4.69, 9.17) is 4.74 Å². The van der Waals surface area contributed by atoms with Crippen molar-refractivity contribution in [1.82, 2.24) is 15.3 Å². The molecule has 2 aromatic rings. The summed E-state index contributed by atoms with van der Waals surface area (Å²) in [6, 6.07) is 8.10. The Hall–Kier alpha value is -1.39. The molecule has 1 aromatic carbocycles. The van der Waals surface area contributed by atoms with Crippen LogP contribution < -0.4 is 5.32 Å².